The molecule has 0 spiro atoms. The Morgan fingerprint density at radius 3 is 2.61 bits per heavy atom. The number of fused-ring (bicyclic) bond motifs is 2. The van der Waals surface area contributed by atoms with Crippen molar-refractivity contribution in [3.8, 4) is 0 Å². The van der Waals surface area contributed by atoms with E-state index in [1.54, 1.807) is 13.8 Å². The molecule has 3 fully saturated rings. The highest BCUT2D eigenvalue weighted by molar-refractivity contribution is 5.26. The van der Waals surface area contributed by atoms with E-state index in [9.17, 15) is 15.3 Å². The van der Waals surface area contributed by atoms with Crippen molar-refractivity contribution in [2.75, 3.05) is 0 Å². The van der Waals surface area contributed by atoms with E-state index in [1.807, 2.05) is 0 Å². The predicted molar refractivity (Wildman–Crippen MR) is 71.1 cm³/mol. The van der Waals surface area contributed by atoms with Gasteiger partial charge in [0, 0.05) is 5.41 Å². The summed E-state index contributed by atoms with van der Waals surface area (Å²) >= 11 is 0. The molecular weight excluding hydrogens is 228 g/mol. The Morgan fingerprint density at radius 2 is 2.11 bits per heavy atom. The molecule has 0 radical (unpaired) electrons. The zero-order valence-corrected chi connectivity index (χ0v) is 11.7. The second kappa shape index (κ2) is 4.06. The van der Waals surface area contributed by atoms with Crippen molar-refractivity contribution in [1.29, 1.82) is 0 Å². The van der Waals surface area contributed by atoms with Crippen LogP contribution in [0.5, 0.6) is 0 Å². The van der Waals surface area contributed by atoms with Gasteiger partial charge in [-0.3, -0.25) is 0 Å². The summed E-state index contributed by atoms with van der Waals surface area (Å²) in [6, 6.07) is 0. The average Bonchev–Trinajstić information content (AvgIpc) is 2.27. The first kappa shape index (κ1) is 14.0. The Balaban J connectivity index is 2.03. The fourth-order valence-corrected chi connectivity index (χ4v) is 3.71. The Bertz CT molecular complexity index is 353. The van der Waals surface area contributed by atoms with Crippen LogP contribution < -0.4 is 0 Å². The maximum Gasteiger partial charge on any atom is 0.0849 e. The van der Waals surface area contributed by atoms with E-state index in [2.05, 4.69) is 13.5 Å². The number of rotatable bonds is 4. The third kappa shape index (κ3) is 1.93. The van der Waals surface area contributed by atoms with Gasteiger partial charge in [0.15, 0.2) is 0 Å². The number of hydrogen-bond acceptors (Lipinski definition) is 3. The second-order valence-corrected chi connectivity index (χ2v) is 7.07. The van der Waals surface area contributed by atoms with Crippen molar-refractivity contribution >= 4 is 0 Å². The summed E-state index contributed by atoms with van der Waals surface area (Å²) < 4.78 is 0. The van der Waals surface area contributed by atoms with E-state index in [0.29, 0.717) is 12.3 Å². The molecule has 104 valence electrons. The predicted octanol–water partition coefficient (Wildman–Crippen LogP) is 2.01. The van der Waals surface area contributed by atoms with Crippen LogP contribution in [0.15, 0.2) is 12.2 Å². The molecule has 0 aliphatic heterocycles. The monoisotopic (exact) mass is 254 g/mol. The van der Waals surface area contributed by atoms with Gasteiger partial charge in [-0.1, -0.05) is 19.1 Å². The molecule has 0 saturated heterocycles. The average molecular weight is 254 g/mol. The number of aliphatic hydroxyl groups excluding tert-OH is 1. The van der Waals surface area contributed by atoms with Gasteiger partial charge in [0.2, 0.25) is 0 Å². The molecule has 0 unspecified atom stereocenters. The van der Waals surface area contributed by atoms with E-state index in [1.165, 1.54) is 5.57 Å². The minimum atomic E-state index is -1.07. The van der Waals surface area contributed by atoms with Gasteiger partial charge in [-0.15, -0.1) is 0 Å². The number of allylic oxidation sites excluding steroid dienone is 1. The summed E-state index contributed by atoms with van der Waals surface area (Å²) in [5.41, 5.74) is -0.590. The fourth-order valence-electron chi connectivity index (χ4n) is 3.71. The molecule has 0 aromatic carbocycles. The summed E-state index contributed by atoms with van der Waals surface area (Å²) in [4.78, 5) is 0. The lowest BCUT2D eigenvalue weighted by Gasteiger charge is -2.65. The van der Waals surface area contributed by atoms with Crippen LogP contribution in [0.1, 0.15) is 52.9 Å². The van der Waals surface area contributed by atoms with Crippen molar-refractivity contribution in [2.24, 2.45) is 11.3 Å². The van der Waals surface area contributed by atoms with Gasteiger partial charge in [0.05, 0.1) is 17.3 Å². The second-order valence-electron chi connectivity index (χ2n) is 7.07. The maximum absolute atomic E-state index is 10.6. The van der Waals surface area contributed by atoms with Crippen molar-refractivity contribution in [2.45, 2.75) is 70.2 Å². The van der Waals surface area contributed by atoms with Gasteiger partial charge in [0.1, 0.15) is 0 Å². The zero-order valence-electron chi connectivity index (χ0n) is 11.7. The topological polar surface area (TPSA) is 60.7 Å². The van der Waals surface area contributed by atoms with E-state index in [-0.39, 0.29) is 5.41 Å². The van der Waals surface area contributed by atoms with E-state index < -0.39 is 17.3 Å². The maximum atomic E-state index is 10.6. The molecule has 3 saturated carbocycles. The first-order valence-electron chi connectivity index (χ1n) is 6.91. The summed E-state index contributed by atoms with van der Waals surface area (Å²) in [5, 5.41) is 30.3. The van der Waals surface area contributed by atoms with Gasteiger partial charge in [0.25, 0.3) is 0 Å². The molecule has 0 amide bonds. The number of aliphatic hydroxyl groups is 3. The molecule has 0 aromatic heterocycles. The standard InChI is InChI=1S/C15H26O3/c1-10-5-8-15(18)9-11(10)14(15,4)7-6-12(16)13(2,3)17/h11-12,16-18H,1,5-9H2,2-4H3/t11-,12+,14-,15+/m0/s1. The lowest BCUT2D eigenvalue weighted by molar-refractivity contribution is -0.219. The minimum Gasteiger partial charge on any atom is -0.390 e. The van der Waals surface area contributed by atoms with Crippen molar-refractivity contribution < 1.29 is 15.3 Å². The van der Waals surface area contributed by atoms with Crippen LogP contribution in [0, 0.1) is 11.3 Å². The highest BCUT2D eigenvalue weighted by Crippen LogP contribution is 2.65. The normalized spacial score (nSPS) is 41.4. The summed E-state index contributed by atoms with van der Waals surface area (Å²) in [5.74, 6) is 0.380. The van der Waals surface area contributed by atoms with Crippen molar-refractivity contribution in [1.82, 2.24) is 0 Å². The summed E-state index contributed by atoms with van der Waals surface area (Å²) in [7, 11) is 0. The molecule has 3 aliphatic carbocycles. The first-order chi connectivity index (χ1) is 8.10. The highest BCUT2D eigenvalue weighted by atomic mass is 16.3. The van der Waals surface area contributed by atoms with Crippen molar-refractivity contribution in [3.63, 3.8) is 0 Å². The number of hydrogen-bond donors (Lipinski definition) is 3. The van der Waals surface area contributed by atoms with Gasteiger partial charge >= 0.3 is 0 Å². The zero-order chi connectivity index (χ0) is 13.8. The van der Waals surface area contributed by atoms with Crippen molar-refractivity contribution in [3.05, 3.63) is 12.2 Å². The van der Waals surface area contributed by atoms with Crippen LogP contribution in [0.2, 0.25) is 0 Å². The molecule has 3 N–H and O–H groups in total. The van der Waals surface area contributed by atoms with Gasteiger partial charge in [-0.25, -0.2) is 0 Å². The first-order valence-corrected chi connectivity index (χ1v) is 6.91. The van der Waals surface area contributed by atoms with Crippen LogP contribution in [-0.4, -0.2) is 32.6 Å². The molecule has 18 heavy (non-hydrogen) atoms. The molecule has 0 heterocycles. The lowest BCUT2D eigenvalue weighted by Crippen LogP contribution is -2.65. The molecule has 0 aromatic rings. The van der Waals surface area contributed by atoms with Crippen LogP contribution in [0.3, 0.4) is 0 Å². The SMILES string of the molecule is C=C1CC[C@@]2(O)C[C@@H]1[C@]2(C)CC[C@@H](O)C(C)(C)O. The quantitative estimate of drug-likeness (QED) is 0.673. The Morgan fingerprint density at radius 1 is 1.50 bits per heavy atom. The lowest BCUT2D eigenvalue weighted by atomic mass is 9.42. The van der Waals surface area contributed by atoms with E-state index in [4.69, 9.17) is 0 Å². The van der Waals surface area contributed by atoms with Crippen LogP contribution in [0.4, 0.5) is 0 Å². The highest BCUT2D eigenvalue weighted by Gasteiger charge is 2.64. The Hall–Kier alpha value is -0.380. The van der Waals surface area contributed by atoms with Gasteiger partial charge < -0.3 is 15.3 Å². The smallest absolute Gasteiger partial charge is 0.0849 e. The third-order valence-electron chi connectivity index (χ3n) is 5.48. The molecule has 3 rings (SSSR count). The molecular formula is C15H26O3. The Labute approximate surface area is 110 Å². The minimum absolute atomic E-state index is 0.172. The molecule has 2 bridgehead atoms. The molecule has 4 atom stereocenters. The van der Waals surface area contributed by atoms with Crippen LogP contribution in [0.25, 0.3) is 0 Å². The van der Waals surface area contributed by atoms with Gasteiger partial charge in [-0.2, -0.15) is 0 Å². The molecule has 3 heteroatoms. The van der Waals surface area contributed by atoms with Crippen LogP contribution in [-0.2, 0) is 0 Å². The summed E-state index contributed by atoms with van der Waals surface area (Å²) in [6.45, 7) is 9.45. The van der Waals surface area contributed by atoms with Gasteiger partial charge in [-0.05, 0) is 51.9 Å². The fraction of sp³-hybridized carbons (Fsp3) is 0.867. The van der Waals surface area contributed by atoms with Crippen LogP contribution >= 0.6 is 0 Å². The summed E-state index contributed by atoms with van der Waals surface area (Å²) in [6.07, 6.45) is 3.04. The third-order valence-corrected chi connectivity index (χ3v) is 5.48. The largest absolute Gasteiger partial charge is 0.390 e. The molecule has 3 aliphatic rings. The van der Waals surface area contributed by atoms with E-state index in [0.717, 1.165) is 25.7 Å². The van der Waals surface area contributed by atoms with E-state index >= 15 is 0 Å². The molecule has 3 nitrogen and oxygen atoms in total. The Kier molecular flexibility index (Phi) is 3.16.